The van der Waals surface area contributed by atoms with Crippen LogP contribution < -0.4 is 5.32 Å². The van der Waals surface area contributed by atoms with E-state index in [1.165, 1.54) is 0 Å². The summed E-state index contributed by atoms with van der Waals surface area (Å²) in [6, 6.07) is 1.68. The highest BCUT2D eigenvalue weighted by atomic mass is 32.2. The first-order chi connectivity index (χ1) is 11.1. The van der Waals surface area contributed by atoms with Crippen LogP contribution in [0.25, 0.3) is 0 Å². The lowest BCUT2D eigenvalue weighted by atomic mass is 9.84. The lowest BCUT2D eigenvalue weighted by Gasteiger charge is -2.30. The molecule has 2 N–H and O–H groups in total. The molecule has 1 atom stereocenters. The fraction of sp³-hybridized carbons (Fsp3) is 0.765. The highest BCUT2D eigenvalue weighted by Gasteiger charge is 2.34. The number of thioether (sulfide) groups is 1. The molecule has 1 aromatic heterocycles. The van der Waals surface area contributed by atoms with Gasteiger partial charge in [-0.25, -0.2) is 0 Å². The van der Waals surface area contributed by atoms with Gasteiger partial charge in [-0.3, -0.25) is 10.1 Å². The highest BCUT2D eigenvalue weighted by Crippen LogP contribution is 2.35. The van der Waals surface area contributed by atoms with Gasteiger partial charge in [0.2, 0.25) is 11.8 Å². The Balaban J connectivity index is 1.99. The van der Waals surface area contributed by atoms with Gasteiger partial charge in [-0.1, -0.05) is 19.0 Å². The van der Waals surface area contributed by atoms with Crippen LogP contribution in [0.4, 0.5) is 5.88 Å². The fourth-order valence-electron chi connectivity index (χ4n) is 2.38. The molecule has 0 aromatic carbocycles. The Hall–Kier alpha value is -1.05. The third kappa shape index (κ3) is 4.52. The van der Waals surface area contributed by atoms with Crippen molar-refractivity contribution < 1.29 is 19.2 Å². The number of amides is 1. The van der Waals surface area contributed by atoms with Crippen LogP contribution in [0.1, 0.15) is 53.2 Å². The van der Waals surface area contributed by atoms with E-state index >= 15 is 0 Å². The Morgan fingerprint density at radius 1 is 1.38 bits per heavy atom. The van der Waals surface area contributed by atoms with Gasteiger partial charge in [0.25, 0.3) is 0 Å². The van der Waals surface area contributed by atoms with Crippen molar-refractivity contribution in [2.45, 2.75) is 69.0 Å². The number of carbonyl (C=O) groups excluding carboxylic acids is 1. The number of aromatic nitrogens is 1. The van der Waals surface area contributed by atoms with Crippen LogP contribution in [0.3, 0.4) is 0 Å². The van der Waals surface area contributed by atoms with Gasteiger partial charge in [-0.05, 0) is 33.6 Å². The molecule has 0 radical (unpaired) electrons. The normalized spacial score (nSPS) is 18.4. The van der Waals surface area contributed by atoms with Crippen LogP contribution in [0.15, 0.2) is 10.6 Å². The molecular weight excluding hydrogens is 328 g/mol. The summed E-state index contributed by atoms with van der Waals surface area (Å²) in [5.41, 5.74) is 0.0708. The third-order valence-electron chi connectivity index (χ3n) is 4.63. The second-order valence-electron chi connectivity index (χ2n) is 7.37. The average molecular weight is 356 g/mol. The first-order valence-corrected chi connectivity index (χ1v) is 9.23. The molecular formula is C17H28N2O4S. The minimum absolute atomic E-state index is 0.114. The van der Waals surface area contributed by atoms with Gasteiger partial charge < -0.3 is 14.4 Å². The number of hydrogen-bond acceptors (Lipinski definition) is 6. The molecule has 1 saturated heterocycles. The van der Waals surface area contributed by atoms with E-state index < -0.39 is 16.3 Å². The molecule has 1 fully saturated rings. The molecule has 7 heteroatoms. The highest BCUT2D eigenvalue weighted by molar-refractivity contribution is 8.02. The number of ether oxygens (including phenoxy) is 1. The number of nitrogens with zero attached hydrogens (tertiary/aromatic N) is 1. The Morgan fingerprint density at radius 2 is 2.00 bits per heavy atom. The number of nitrogens with one attached hydrogen (secondary N) is 1. The van der Waals surface area contributed by atoms with Crippen LogP contribution in [-0.2, 0) is 14.9 Å². The summed E-state index contributed by atoms with van der Waals surface area (Å²) in [7, 11) is 0. The van der Waals surface area contributed by atoms with Crippen molar-refractivity contribution in [2.24, 2.45) is 0 Å². The van der Waals surface area contributed by atoms with E-state index in [4.69, 9.17) is 9.26 Å². The summed E-state index contributed by atoms with van der Waals surface area (Å²) in [4.78, 5) is 12.6. The summed E-state index contributed by atoms with van der Waals surface area (Å²) >= 11 is 1.67. The third-order valence-corrected chi connectivity index (χ3v) is 6.21. The second-order valence-corrected chi connectivity index (χ2v) is 9.29. The lowest BCUT2D eigenvalue weighted by molar-refractivity contribution is -0.117. The summed E-state index contributed by atoms with van der Waals surface area (Å²) < 4.78 is 10.0. The van der Waals surface area contributed by atoms with Gasteiger partial charge in [-0.2, -0.15) is 0 Å². The smallest absolute Gasteiger partial charge is 0.242 e. The molecule has 24 heavy (non-hydrogen) atoms. The number of anilines is 1. The Kier molecular flexibility index (Phi) is 5.99. The summed E-state index contributed by atoms with van der Waals surface area (Å²) in [6.07, 6.45) is 1.36. The molecule has 1 unspecified atom stereocenters. The molecule has 1 amide bonds. The standard InChI is InChI=1S/C17H28N2O4S/c1-11(20)16(2,3)13-10-14(23-19-13)18-15(21)17(4,5)24-12-6-8-22-9-7-12/h10-12,20H,6-9H2,1-5H3,(H,18,21). The van der Waals surface area contributed by atoms with Gasteiger partial charge >= 0.3 is 0 Å². The second kappa shape index (κ2) is 7.45. The van der Waals surface area contributed by atoms with E-state index in [0.717, 1.165) is 26.1 Å². The van der Waals surface area contributed by atoms with Crippen LogP contribution in [0.2, 0.25) is 0 Å². The van der Waals surface area contributed by atoms with E-state index in [2.05, 4.69) is 10.5 Å². The molecule has 0 spiro atoms. The Labute approximate surface area is 147 Å². The van der Waals surface area contributed by atoms with Crippen LogP contribution in [-0.4, -0.2) is 45.5 Å². The van der Waals surface area contributed by atoms with Gasteiger partial charge in [0, 0.05) is 29.9 Å². The van der Waals surface area contributed by atoms with Gasteiger partial charge in [0.15, 0.2) is 0 Å². The van der Waals surface area contributed by atoms with E-state index in [9.17, 15) is 9.90 Å². The van der Waals surface area contributed by atoms with Gasteiger partial charge in [0.1, 0.15) is 0 Å². The molecule has 1 aliphatic heterocycles. The Bertz CT molecular complexity index is 563. The summed E-state index contributed by atoms with van der Waals surface area (Å²) in [6.45, 7) is 10.8. The zero-order chi connectivity index (χ0) is 18.0. The fourth-order valence-corrected chi connectivity index (χ4v) is 3.80. The minimum Gasteiger partial charge on any atom is -0.392 e. The quantitative estimate of drug-likeness (QED) is 0.815. The minimum atomic E-state index is -0.577. The first-order valence-electron chi connectivity index (χ1n) is 8.35. The van der Waals surface area contributed by atoms with Crippen molar-refractivity contribution in [1.29, 1.82) is 0 Å². The number of hydrogen-bond donors (Lipinski definition) is 2. The molecule has 0 bridgehead atoms. The maximum Gasteiger partial charge on any atom is 0.242 e. The van der Waals surface area contributed by atoms with E-state index in [1.807, 2.05) is 27.7 Å². The van der Waals surface area contributed by atoms with E-state index in [-0.39, 0.29) is 5.91 Å². The van der Waals surface area contributed by atoms with Crippen molar-refractivity contribution in [3.05, 3.63) is 11.8 Å². The predicted molar refractivity (Wildman–Crippen MR) is 95.4 cm³/mol. The van der Waals surface area contributed by atoms with Crippen molar-refractivity contribution in [2.75, 3.05) is 18.5 Å². The number of rotatable bonds is 6. The van der Waals surface area contributed by atoms with Gasteiger partial charge in [0.05, 0.1) is 16.5 Å². The molecule has 2 rings (SSSR count). The van der Waals surface area contributed by atoms with Crippen molar-refractivity contribution in [3.8, 4) is 0 Å². The zero-order valence-electron chi connectivity index (χ0n) is 15.1. The SMILES string of the molecule is CC(O)C(C)(C)c1cc(NC(=O)C(C)(C)SC2CCOCC2)on1. The topological polar surface area (TPSA) is 84.6 Å². The zero-order valence-corrected chi connectivity index (χ0v) is 15.9. The maximum atomic E-state index is 12.6. The molecule has 2 heterocycles. The summed E-state index contributed by atoms with van der Waals surface area (Å²) in [5, 5.41) is 17.1. The molecule has 0 aliphatic carbocycles. The van der Waals surface area contributed by atoms with E-state index in [0.29, 0.717) is 16.8 Å². The molecule has 0 saturated carbocycles. The lowest BCUT2D eigenvalue weighted by Crippen LogP contribution is -2.37. The van der Waals surface area contributed by atoms with Crippen molar-refractivity contribution in [3.63, 3.8) is 0 Å². The van der Waals surface area contributed by atoms with Crippen LogP contribution in [0.5, 0.6) is 0 Å². The predicted octanol–water partition coefficient (Wildman–Crippen LogP) is 2.96. The summed E-state index contributed by atoms with van der Waals surface area (Å²) in [5.74, 6) is 0.195. The largest absolute Gasteiger partial charge is 0.392 e. The Morgan fingerprint density at radius 3 is 2.58 bits per heavy atom. The van der Waals surface area contributed by atoms with Crippen molar-refractivity contribution >= 4 is 23.6 Å². The maximum absolute atomic E-state index is 12.6. The van der Waals surface area contributed by atoms with Crippen LogP contribution in [0, 0.1) is 0 Å². The van der Waals surface area contributed by atoms with Gasteiger partial charge in [-0.15, -0.1) is 11.8 Å². The van der Waals surface area contributed by atoms with Crippen molar-refractivity contribution in [1.82, 2.24) is 5.16 Å². The average Bonchev–Trinajstić information content (AvgIpc) is 2.97. The molecule has 1 aromatic rings. The van der Waals surface area contributed by atoms with Crippen LogP contribution >= 0.6 is 11.8 Å². The molecule has 136 valence electrons. The number of carbonyl (C=O) groups is 1. The first kappa shape index (κ1) is 19.3. The molecule has 6 nitrogen and oxygen atoms in total. The monoisotopic (exact) mass is 356 g/mol. The molecule has 1 aliphatic rings. The number of aliphatic hydroxyl groups excluding tert-OH is 1. The number of aliphatic hydroxyl groups is 1. The van der Waals surface area contributed by atoms with E-state index in [1.54, 1.807) is 24.8 Å².